The van der Waals surface area contributed by atoms with Crippen LogP contribution in [0, 0.1) is 13.8 Å². The minimum absolute atomic E-state index is 0.426. The van der Waals surface area contributed by atoms with Crippen LogP contribution in [0.1, 0.15) is 54.1 Å². The van der Waals surface area contributed by atoms with Gasteiger partial charge in [0.1, 0.15) is 5.75 Å². The minimum atomic E-state index is -4.84. The lowest BCUT2D eigenvalue weighted by Crippen LogP contribution is -2.58. The second-order valence-electron chi connectivity index (χ2n) is 11.5. The van der Waals surface area contributed by atoms with Crippen molar-refractivity contribution in [2.75, 3.05) is 11.9 Å². The first-order chi connectivity index (χ1) is 17.9. The van der Waals surface area contributed by atoms with Crippen LogP contribution in [0.5, 0.6) is 5.75 Å². The Balaban J connectivity index is 1.45. The van der Waals surface area contributed by atoms with E-state index in [0.717, 1.165) is 45.3 Å². The van der Waals surface area contributed by atoms with Gasteiger partial charge in [-0.2, -0.15) is 13.2 Å². The third-order valence-electron chi connectivity index (χ3n) is 8.04. The fourth-order valence-electron chi connectivity index (χ4n) is 6.50. The van der Waals surface area contributed by atoms with Crippen LogP contribution in [-0.4, -0.2) is 28.1 Å². The fourth-order valence-corrected chi connectivity index (χ4v) is 6.50. The molecular formula is C31H31F3N2O2. The van der Waals surface area contributed by atoms with Crippen LogP contribution in [0.4, 0.5) is 18.9 Å². The van der Waals surface area contributed by atoms with Crippen molar-refractivity contribution in [1.82, 2.24) is 4.57 Å². The number of aliphatic hydroxyl groups is 1. The van der Waals surface area contributed by atoms with Gasteiger partial charge < -0.3 is 19.7 Å². The highest BCUT2D eigenvalue weighted by Gasteiger charge is 2.64. The Morgan fingerprint density at radius 1 is 1.00 bits per heavy atom. The zero-order chi connectivity index (χ0) is 27.0. The van der Waals surface area contributed by atoms with Crippen LogP contribution in [0.2, 0.25) is 0 Å². The number of anilines is 1. The van der Waals surface area contributed by atoms with Crippen LogP contribution < -0.4 is 10.1 Å². The number of hydrogen-bond acceptors (Lipinski definition) is 3. The van der Waals surface area contributed by atoms with Gasteiger partial charge in [-0.3, -0.25) is 0 Å². The number of rotatable bonds is 3. The first-order valence-corrected chi connectivity index (χ1v) is 12.9. The maximum absolute atomic E-state index is 14.6. The number of ether oxygens (including phenoxy) is 1. The highest BCUT2D eigenvalue weighted by atomic mass is 19.4. The van der Waals surface area contributed by atoms with Gasteiger partial charge in [0.25, 0.3) is 0 Å². The van der Waals surface area contributed by atoms with Gasteiger partial charge >= 0.3 is 6.18 Å². The molecule has 4 aromatic rings. The van der Waals surface area contributed by atoms with Gasteiger partial charge in [0, 0.05) is 34.9 Å². The summed E-state index contributed by atoms with van der Waals surface area (Å²) in [5, 5.41) is 15.3. The van der Waals surface area contributed by atoms with Gasteiger partial charge in [0.15, 0.2) is 5.60 Å². The second kappa shape index (κ2) is 8.27. The lowest BCUT2D eigenvalue weighted by molar-refractivity contribution is -0.275. The Hall–Kier alpha value is -3.45. The van der Waals surface area contributed by atoms with Gasteiger partial charge in [-0.25, -0.2) is 0 Å². The molecule has 6 rings (SSSR count). The van der Waals surface area contributed by atoms with Crippen molar-refractivity contribution < 1.29 is 23.0 Å². The monoisotopic (exact) mass is 520 g/mol. The molecule has 38 heavy (non-hydrogen) atoms. The second-order valence-corrected chi connectivity index (χ2v) is 11.5. The number of hydrogen-bond donors (Lipinski definition) is 2. The van der Waals surface area contributed by atoms with Crippen molar-refractivity contribution in [3.05, 3.63) is 88.6 Å². The molecule has 2 N–H and O–H groups in total. The summed E-state index contributed by atoms with van der Waals surface area (Å²) in [6.07, 6.45) is -2.61. The molecule has 4 nitrogen and oxygen atoms in total. The molecule has 198 valence electrons. The molecule has 0 radical (unpaired) electrons. The van der Waals surface area contributed by atoms with Crippen molar-refractivity contribution in [3.63, 3.8) is 0 Å². The molecule has 2 unspecified atom stereocenters. The molecule has 0 amide bonds. The summed E-state index contributed by atoms with van der Waals surface area (Å²) in [4.78, 5) is 0. The zero-order valence-electron chi connectivity index (χ0n) is 21.9. The van der Waals surface area contributed by atoms with E-state index < -0.39 is 29.7 Å². The number of fused-ring (bicyclic) bond motifs is 4. The minimum Gasteiger partial charge on any atom is -0.493 e. The lowest BCUT2D eigenvalue weighted by atomic mass is 9.63. The topological polar surface area (TPSA) is 46.4 Å². The van der Waals surface area contributed by atoms with Gasteiger partial charge in [-0.05, 0) is 84.3 Å². The Kier molecular flexibility index (Phi) is 5.41. The van der Waals surface area contributed by atoms with Crippen LogP contribution in [-0.2, 0) is 11.8 Å². The fraction of sp³-hybridized carbons (Fsp3) is 0.355. The molecule has 1 aliphatic heterocycles. The van der Waals surface area contributed by atoms with E-state index in [9.17, 15) is 18.3 Å². The van der Waals surface area contributed by atoms with Gasteiger partial charge in [-0.1, -0.05) is 32.0 Å². The van der Waals surface area contributed by atoms with E-state index in [1.807, 2.05) is 30.5 Å². The number of aryl methyl sites for hydroxylation is 2. The molecule has 0 fully saturated rings. The first kappa shape index (κ1) is 24.9. The summed E-state index contributed by atoms with van der Waals surface area (Å²) in [6.45, 7) is 8.12. The highest BCUT2D eigenvalue weighted by Crippen LogP contribution is 2.57. The van der Waals surface area contributed by atoms with Crippen molar-refractivity contribution in [2.45, 2.75) is 63.8 Å². The third-order valence-corrected chi connectivity index (χ3v) is 8.04. The molecule has 7 heteroatoms. The number of nitrogens with one attached hydrogen (secondary N) is 1. The summed E-state index contributed by atoms with van der Waals surface area (Å²) in [7, 11) is 0. The summed E-state index contributed by atoms with van der Waals surface area (Å²) < 4.78 is 51.7. The summed E-state index contributed by atoms with van der Waals surface area (Å²) in [5.74, 6) is 0.671. The van der Waals surface area contributed by atoms with Gasteiger partial charge in [-0.15, -0.1) is 0 Å². The Labute approximate surface area is 220 Å². The molecule has 3 aromatic carbocycles. The van der Waals surface area contributed by atoms with E-state index in [2.05, 4.69) is 41.9 Å². The zero-order valence-corrected chi connectivity index (χ0v) is 21.9. The van der Waals surface area contributed by atoms with E-state index in [4.69, 9.17) is 4.74 Å². The molecule has 2 aliphatic rings. The molecule has 0 saturated carbocycles. The van der Waals surface area contributed by atoms with Crippen LogP contribution >= 0.6 is 0 Å². The molecule has 2 atom stereocenters. The Bertz CT molecular complexity index is 1550. The van der Waals surface area contributed by atoms with Crippen LogP contribution in [0.25, 0.3) is 16.6 Å². The van der Waals surface area contributed by atoms with Gasteiger partial charge in [0.05, 0.1) is 18.2 Å². The molecular weight excluding hydrogens is 489 g/mol. The molecule has 2 heterocycles. The van der Waals surface area contributed by atoms with E-state index in [1.165, 1.54) is 0 Å². The largest absolute Gasteiger partial charge is 0.493 e. The summed E-state index contributed by atoms with van der Waals surface area (Å²) in [5.41, 5.74) is 3.08. The van der Waals surface area contributed by atoms with E-state index in [0.29, 0.717) is 23.6 Å². The quantitative estimate of drug-likeness (QED) is 0.298. The smallest absolute Gasteiger partial charge is 0.419 e. The predicted molar refractivity (Wildman–Crippen MR) is 143 cm³/mol. The van der Waals surface area contributed by atoms with E-state index in [1.54, 1.807) is 26.0 Å². The Morgan fingerprint density at radius 2 is 1.74 bits per heavy atom. The van der Waals surface area contributed by atoms with Crippen LogP contribution in [0.3, 0.4) is 0 Å². The maximum Gasteiger partial charge on any atom is 0.419 e. The van der Waals surface area contributed by atoms with Crippen molar-refractivity contribution in [3.8, 4) is 11.4 Å². The first-order valence-electron chi connectivity index (χ1n) is 12.9. The van der Waals surface area contributed by atoms with E-state index >= 15 is 0 Å². The van der Waals surface area contributed by atoms with Crippen LogP contribution in [0.15, 0.2) is 60.8 Å². The third kappa shape index (κ3) is 3.78. The summed E-state index contributed by atoms with van der Waals surface area (Å²) >= 11 is 0. The standard InChI is InChI=1S/C31H31F3N2O2/c1-18-13-19(2)15-23(14-18)36-11-9-21-16-22(6-8-25(21)36)35-28-24-7-5-20-10-12-38-27(20)26(24)29(3,4)17-30(28,37)31(32,33)34/h5-9,11,13-16,28,35,37H,10,12,17H2,1-4H3. The average molecular weight is 521 g/mol. The molecule has 0 bridgehead atoms. The Morgan fingerprint density at radius 3 is 2.45 bits per heavy atom. The number of alkyl halides is 3. The normalized spacial score (nSPS) is 22.2. The SMILES string of the molecule is Cc1cc(C)cc(-n2ccc3cc(NC4c5ccc6c(c5C(C)(C)CC4(O)C(F)(F)F)OCC6)ccc32)c1. The van der Waals surface area contributed by atoms with Crippen molar-refractivity contribution >= 4 is 16.6 Å². The molecule has 0 saturated heterocycles. The molecule has 1 aliphatic carbocycles. The highest BCUT2D eigenvalue weighted by molar-refractivity contribution is 5.85. The average Bonchev–Trinajstić information content (AvgIpc) is 3.46. The van der Waals surface area contributed by atoms with E-state index in [-0.39, 0.29) is 0 Å². The lowest BCUT2D eigenvalue weighted by Gasteiger charge is -2.49. The van der Waals surface area contributed by atoms with Gasteiger partial charge in [0.2, 0.25) is 0 Å². The van der Waals surface area contributed by atoms with Crippen molar-refractivity contribution in [1.29, 1.82) is 0 Å². The number of benzene rings is 3. The number of nitrogens with zero attached hydrogens (tertiary/aromatic N) is 1. The number of aromatic nitrogens is 1. The molecule has 1 aromatic heterocycles. The van der Waals surface area contributed by atoms with Crippen molar-refractivity contribution in [2.24, 2.45) is 0 Å². The number of halogens is 3. The molecule has 0 spiro atoms. The summed E-state index contributed by atoms with van der Waals surface area (Å²) in [6, 6.07) is 16.0. The predicted octanol–water partition coefficient (Wildman–Crippen LogP) is 7.31. The maximum atomic E-state index is 14.6.